The Morgan fingerprint density at radius 3 is 2.77 bits per heavy atom. The fourth-order valence-corrected chi connectivity index (χ4v) is 2.61. The molecule has 112 valence electrons. The van der Waals surface area contributed by atoms with Crippen molar-refractivity contribution in [2.75, 3.05) is 10.6 Å². The predicted molar refractivity (Wildman–Crippen MR) is 88.5 cm³/mol. The molecule has 1 heterocycles. The van der Waals surface area contributed by atoms with Crippen molar-refractivity contribution >= 4 is 22.9 Å². The van der Waals surface area contributed by atoms with Gasteiger partial charge in [-0.05, 0) is 43.2 Å². The van der Waals surface area contributed by atoms with E-state index in [9.17, 15) is 9.90 Å². The van der Waals surface area contributed by atoms with Crippen LogP contribution in [-0.2, 0) is 4.79 Å². The lowest BCUT2D eigenvalue weighted by molar-refractivity contribution is -0.110. The number of anilines is 2. The highest BCUT2D eigenvalue weighted by atomic mass is 16.3. The normalized spacial score (nSPS) is 16.3. The molecule has 2 aromatic rings. The number of amides is 1. The summed E-state index contributed by atoms with van der Waals surface area (Å²) in [4.78, 5) is 12.1. The van der Waals surface area contributed by atoms with Gasteiger partial charge in [-0.25, -0.2) is 0 Å². The lowest BCUT2D eigenvalue weighted by Gasteiger charge is -2.08. The van der Waals surface area contributed by atoms with E-state index in [1.165, 1.54) is 0 Å². The minimum absolute atomic E-state index is 0.108. The van der Waals surface area contributed by atoms with Gasteiger partial charge >= 0.3 is 0 Å². The molecule has 3 N–H and O–H groups in total. The monoisotopic (exact) mass is 294 g/mol. The number of aliphatic hydroxyl groups is 1. The molecule has 0 bridgehead atoms. The van der Waals surface area contributed by atoms with Crippen LogP contribution in [0, 0.1) is 6.92 Å². The Hall–Kier alpha value is -2.59. The molecule has 1 amide bonds. The molecular weight excluding hydrogens is 276 g/mol. The quantitative estimate of drug-likeness (QED) is 0.760. The molecule has 3 rings (SSSR count). The van der Waals surface area contributed by atoms with Crippen LogP contribution in [0.15, 0.2) is 48.7 Å². The van der Waals surface area contributed by atoms with Crippen LogP contribution in [0.3, 0.4) is 0 Å². The van der Waals surface area contributed by atoms with Gasteiger partial charge in [-0.15, -0.1) is 0 Å². The van der Waals surface area contributed by atoms with Gasteiger partial charge in [0.05, 0.1) is 11.7 Å². The standard InChI is InChI=1S/C18H18N2O2/c1-11-5-3-8-16-17(11)15(18(22)20-16)10-19-14-7-4-6-13(9-14)12(2)21/h3-10,12,19,21H,1-2H3,(H,20,22)/b15-10+. The number of hydrogen-bond acceptors (Lipinski definition) is 3. The molecule has 1 unspecified atom stereocenters. The number of carbonyl (C=O) groups excluding carboxylic acids is 1. The average Bonchev–Trinajstić information content (AvgIpc) is 2.82. The summed E-state index contributed by atoms with van der Waals surface area (Å²) >= 11 is 0. The number of carbonyl (C=O) groups is 1. The van der Waals surface area contributed by atoms with Gasteiger partial charge < -0.3 is 15.7 Å². The number of aryl methyl sites for hydroxylation is 1. The van der Waals surface area contributed by atoms with Gasteiger partial charge in [0, 0.05) is 23.1 Å². The van der Waals surface area contributed by atoms with E-state index in [1.807, 2.05) is 49.4 Å². The second kappa shape index (κ2) is 5.66. The molecule has 0 saturated heterocycles. The third kappa shape index (κ3) is 2.61. The first-order valence-corrected chi connectivity index (χ1v) is 7.22. The molecule has 1 atom stereocenters. The van der Waals surface area contributed by atoms with Crippen molar-refractivity contribution in [2.45, 2.75) is 20.0 Å². The molecule has 0 radical (unpaired) electrons. The second-order valence-corrected chi connectivity index (χ2v) is 5.46. The summed E-state index contributed by atoms with van der Waals surface area (Å²) in [6.45, 7) is 3.71. The highest BCUT2D eigenvalue weighted by Crippen LogP contribution is 2.34. The summed E-state index contributed by atoms with van der Waals surface area (Å²) in [6, 6.07) is 13.3. The minimum atomic E-state index is -0.521. The van der Waals surface area contributed by atoms with Crippen molar-refractivity contribution in [1.82, 2.24) is 0 Å². The number of fused-ring (bicyclic) bond motifs is 1. The van der Waals surface area contributed by atoms with Crippen molar-refractivity contribution < 1.29 is 9.90 Å². The molecule has 1 aliphatic rings. The number of rotatable bonds is 3. The van der Waals surface area contributed by atoms with Crippen molar-refractivity contribution in [3.8, 4) is 0 Å². The Kier molecular flexibility index (Phi) is 3.69. The Morgan fingerprint density at radius 2 is 2.00 bits per heavy atom. The van der Waals surface area contributed by atoms with Crippen LogP contribution in [0.1, 0.15) is 29.7 Å². The maximum atomic E-state index is 12.1. The Bertz CT molecular complexity index is 763. The van der Waals surface area contributed by atoms with E-state index >= 15 is 0 Å². The van der Waals surface area contributed by atoms with E-state index in [0.29, 0.717) is 5.57 Å². The van der Waals surface area contributed by atoms with Crippen LogP contribution < -0.4 is 10.6 Å². The molecule has 0 spiro atoms. The molecule has 22 heavy (non-hydrogen) atoms. The van der Waals surface area contributed by atoms with Gasteiger partial charge in [-0.3, -0.25) is 4.79 Å². The second-order valence-electron chi connectivity index (χ2n) is 5.46. The number of nitrogens with one attached hydrogen (secondary N) is 2. The summed E-state index contributed by atoms with van der Waals surface area (Å²) in [5.41, 5.74) is 5.12. The summed E-state index contributed by atoms with van der Waals surface area (Å²) in [5.74, 6) is -0.108. The zero-order valence-corrected chi connectivity index (χ0v) is 12.6. The van der Waals surface area contributed by atoms with Crippen molar-refractivity contribution in [3.05, 3.63) is 65.4 Å². The van der Waals surface area contributed by atoms with Crippen LogP contribution in [0.4, 0.5) is 11.4 Å². The van der Waals surface area contributed by atoms with Crippen LogP contribution >= 0.6 is 0 Å². The van der Waals surface area contributed by atoms with Crippen molar-refractivity contribution in [2.24, 2.45) is 0 Å². The molecule has 4 heteroatoms. The van der Waals surface area contributed by atoms with Crippen LogP contribution in [0.5, 0.6) is 0 Å². The van der Waals surface area contributed by atoms with E-state index in [0.717, 1.165) is 28.1 Å². The topological polar surface area (TPSA) is 61.4 Å². The Labute approximate surface area is 129 Å². The van der Waals surface area contributed by atoms with Gasteiger partial charge in [0.1, 0.15) is 0 Å². The molecule has 2 aromatic carbocycles. The van der Waals surface area contributed by atoms with Gasteiger partial charge in [-0.1, -0.05) is 24.3 Å². The van der Waals surface area contributed by atoms with E-state index in [2.05, 4.69) is 10.6 Å². The van der Waals surface area contributed by atoms with Crippen molar-refractivity contribution in [1.29, 1.82) is 0 Å². The molecule has 0 saturated carbocycles. The van der Waals surface area contributed by atoms with Crippen LogP contribution in [0.25, 0.3) is 5.57 Å². The van der Waals surface area contributed by atoms with E-state index < -0.39 is 6.10 Å². The SMILES string of the molecule is Cc1cccc2c1/C(=C\Nc1cccc(C(C)O)c1)C(=O)N2. The third-order valence-electron chi connectivity index (χ3n) is 3.79. The Morgan fingerprint density at radius 1 is 1.23 bits per heavy atom. The van der Waals surface area contributed by atoms with E-state index in [-0.39, 0.29) is 5.91 Å². The summed E-state index contributed by atoms with van der Waals surface area (Å²) in [6.07, 6.45) is 1.20. The summed E-state index contributed by atoms with van der Waals surface area (Å²) in [7, 11) is 0. The van der Waals surface area contributed by atoms with Crippen LogP contribution in [-0.4, -0.2) is 11.0 Å². The van der Waals surface area contributed by atoms with Gasteiger partial charge in [-0.2, -0.15) is 0 Å². The summed E-state index contributed by atoms with van der Waals surface area (Å²) < 4.78 is 0. The highest BCUT2D eigenvalue weighted by Gasteiger charge is 2.25. The van der Waals surface area contributed by atoms with Gasteiger partial charge in [0.2, 0.25) is 0 Å². The average molecular weight is 294 g/mol. The number of hydrogen-bond donors (Lipinski definition) is 3. The molecular formula is C18H18N2O2. The number of aliphatic hydroxyl groups excluding tert-OH is 1. The zero-order valence-electron chi connectivity index (χ0n) is 12.6. The van der Waals surface area contributed by atoms with E-state index in [4.69, 9.17) is 0 Å². The fraction of sp³-hybridized carbons (Fsp3) is 0.167. The smallest absolute Gasteiger partial charge is 0.257 e. The first-order chi connectivity index (χ1) is 10.6. The number of benzene rings is 2. The molecule has 0 aliphatic carbocycles. The van der Waals surface area contributed by atoms with Crippen LogP contribution in [0.2, 0.25) is 0 Å². The minimum Gasteiger partial charge on any atom is -0.389 e. The zero-order chi connectivity index (χ0) is 15.7. The largest absolute Gasteiger partial charge is 0.389 e. The van der Waals surface area contributed by atoms with E-state index in [1.54, 1.807) is 13.1 Å². The lowest BCUT2D eigenvalue weighted by Crippen LogP contribution is -2.05. The van der Waals surface area contributed by atoms with Gasteiger partial charge in [0.15, 0.2) is 0 Å². The van der Waals surface area contributed by atoms with Crippen molar-refractivity contribution in [3.63, 3.8) is 0 Å². The molecule has 0 aromatic heterocycles. The summed E-state index contributed by atoms with van der Waals surface area (Å²) in [5, 5.41) is 15.6. The molecule has 1 aliphatic heterocycles. The molecule has 4 nitrogen and oxygen atoms in total. The third-order valence-corrected chi connectivity index (χ3v) is 3.79. The maximum absolute atomic E-state index is 12.1. The Balaban J connectivity index is 1.91. The molecule has 0 fully saturated rings. The first kappa shape index (κ1) is 14.4. The fourth-order valence-electron chi connectivity index (χ4n) is 2.61. The highest BCUT2D eigenvalue weighted by molar-refractivity contribution is 6.32. The first-order valence-electron chi connectivity index (χ1n) is 7.22. The maximum Gasteiger partial charge on any atom is 0.257 e. The lowest BCUT2D eigenvalue weighted by atomic mass is 10.0. The van der Waals surface area contributed by atoms with Gasteiger partial charge in [0.25, 0.3) is 5.91 Å². The predicted octanol–water partition coefficient (Wildman–Crippen LogP) is 3.45.